The Morgan fingerprint density at radius 3 is 1.96 bits per heavy atom. The van der Waals surface area contributed by atoms with Crippen molar-refractivity contribution in [3.63, 3.8) is 0 Å². The number of aryl methyl sites for hydroxylation is 2. The quantitative estimate of drug-likeness (QED) is 0.652. The van der Waals surface area contributed by atoms with Crippen LogP contribution in [-0.2, 0) is 7.05 Å². The molecule has 0 saturated carbocycles. The van der Waals surface area contributed by atoms with E-state index in [-0.39, 0.29) is 11.5 Å². The second kappa shape index (κ2) is 7.34. The third-order valence-electron chi connectivity index (χ3n) is 4.95. The lowest BCUT2D eigenvalue weighted by molar-refractivity contribution is 0.112. The SMILES string of the molecule is COc1cc(-c2c(C)c3c(O)c(OC)cc(C=O)c3n2C)cc(OC)c1OC. The van der Waals surface area contributed by atoms with Crippen molar-refractivity contribution < 1.29 is 28.8 Å². The number of aldehydes is 1. The zero-order valence-corrected chi connectivity index (χ0v) is 16.7. The van der Waals surface area contributed by atoms with Crippen LogP contribution >= 0.6 is 0 Å². The molecular formula is C21H23NO6. The number of hydrogen-bond acceptors (Lipinski definition) is 6. The van der Waals surface area contributed by atoms with Crippen LogP contribution in [0.25, 0.3) is 22.2 Å². The van der Waals surface area contributed by atoms with Crippen LogP contribution in [0.15, 0.2) is 18.2 Å². The maximum atomic E-state index is 11.7. The van der Waals surface area contributed by atoms with Gasteiger partial charge in [0.15, 0.2) is 29.3 Å². The highest BCUT2D eigenvalue weighted by atomic mass is 16.5. The summed E-state index contributed by atoms with van der Waals surface area (Å²) >= 11 is 0. The molecule has 0 aliphatic heterocycles. The Morgan fingerprint density at radius 1 is 0.929 bits per heavy atom. The fourth-order valence-electron chi connectivity index (χ4n) is 3.73. The summed E-state index contributed by atoms with van der Waals surface area (Å²) in [5, 5.41) is 11.3. The second-order valence-corrected chi connectivity index (χ2v) is 6.30. The fraction of sp³-hybridized carbons (Fsp3) is 0.286. The van der Waals surface area contributed by atoms with Crippen LogP contribution < -0.4 is 18.9 Å². The minimum absolute atomic E-state index is 0.00473. The molecule has 0 unspecified atom stereocenters. The van der Waals surface area contributed by atoms with Gasteiger partial charge in [0.05, 0.1) is 39.6 Å². The van der Waals surface area contributed by atoms with Crippen molar-refractivity contribution in [1.82, 2.24) is 4.57 Å². The predicted molar refractivity (Wildman–Crippen MR) is 106 cm³/mol. The van der Waals surface area contributed by atoms with E-state index in [0.29, 0.717) is 33.7 Å². The summed E-state index contributed by atoms with van der Waals surface area (Å²) in [5.74, 6) is 1.76. The number of benzene rings is 2. The summed E-state index contributed by atoms with van der Waals surface area (Å²) in [5.41, 5.74) is 3.44. The highest BCUT2D eigenvalue weighted by molar-refractivity contribution is 6.06. The first-order valence-corrected chi connectivity index (χ1v) is 8.57. The third-order valence-corrected chi connectivity index (χ3v) is 4.95. The van der Waals surface area contributed by atoms with Crippen molar-refractivity contribution in [1.29, 1.82) is 0 Å². The normalized spacial score (nSPS) is 10.8. The number of phenols is 1. The van der Waals surface area contributed by atoms with Gasteiger partial charge >= 0.3 is 0 Å². The lowest BCUT2D eigenvalue weighted by atomic mass is 10.0. The van der Waals surface area contributed by atoms with Crippen LogP contribution in [0.4, 0.5) is 0 Å². The first kappa shape index (κ1) is 19.4. The van der Waals surface area contributed by atoms with E-state index in [0.717, 1.165) is 23.1 Å². The van der Waals surface area contributed by atoms with E-state index in [1.165, 1.54) is 13.2 Å². The minimum atomic E-state index is -0.00473. The number of aromatic hydroxyl groups is 1. The highest BCUT2D eigenvalue weighted by Gasteiger charge is 2.24. The van der Waals surface area contributed by atoms with E-state index < -0.39 is 0 Å². The van der Waals surface area contributed by atoms with Crippen LogP contribution in [0.3, 0.4) is 0 Å². The first-order chi connectivity index (χ1) is 13.4. The number of hydrogen-bond donors (Lipinski definition) is 1. The summed E-state index contributed by atoms with van der Waals surface area (Å²) in [6.45, 7) is 1.88. The third kappa shape index (κ3) is 2.70. The number of nitrogens with zero attached hydrogens (tertiary/aromatic N) is 1. The molecule has 0 atom stereocenters. The number of phenolic OH excluding ortho intramolecular Hbond substituents is 1. The largest absolute Gasteiger partial charge is 0.504 e. The Kier molecular flexibility index (Phi) is 5.09. The van der Waals surface area contributed by atoms with Gasteiger partial charge in [0.1, 0.15) is 0 Å². The number of fused-ring (bicyclic) bond motifs is 1. The van der Waals surface area contributed by atoms with E-state index in [2.05, 4.69) is 0 Å². The van der Waals surface area contributed by atoms with Crippen molar-refractivity contribution in [2.75, 3.05) is 28.4 Å². The molecule has 7 heteroatoms. The number of ether oxygens (including phenoxy) is 4. The molecule has 0 spiro atoms. The zero-order valence-electron chi connectivity index (χ0n) is 16.7. The van der Waals surface area contributed by atoms with Gasteiger partial charge in [-0.15, -0.1) is 0 Å². The Morgan fingerprint density at radius 2 is 1.50 bits per heavy atom. The Balaban J connectivity index is 2.43. The van der Waals surface area contributed by atoms with E-state index in [1.807, 2.05) is 30.7 Å². The summed E-state index contributed by atoms with van der Waals surface area (Å²) in [7, 11) is 7.94. The standard InChI is InChI=1S/C21H23NO6/c1-11-17-19(13(10-23)9-14(25-3)20(17)24)22(2)18(11)12-7-15(26-4)21(28-6)16(8-12)27-5/h7-10,24H,1-6H3. The highest BCUT2D eigenvalue weighted by Crippen LogP contribution is 2.46. The Labute approximate surface area is 163 Å². The van der Waals surface area contributed by atoms with Gasteiger partial charge in [-0.1, -0.05) is 0 Å². The van der Waals surface area contributed by atoms with Gasteiger partial charge in [0.2, 0.25) is 5.75 Å². The molecule has 0 bridgehead atoms. The molecule has 0 aliphatic carbocycles. The van der Waals surface area contributed by atoms with Crippen molar-refractivity contribution >= 4 is 17.2 Å². The molecule has 3 aromatic rings. The van der Waals surface area contributed by atoms with Crippen LogP contribution in [0.2, 0.25) is 0 Å². The predicted octanol–water partition coefficient (Wildman–Crippen LogP) is 3.71. The van der Waals surface area contributed by atoms with Crippen LogP contribution in [-0.4, -0.2) is 44.4 Å². The fourth-order valence-corrected chi connectivity index (χ4v) is 3.73. The first-order valence-electron chi connectivity index (χ1n) is 8.57. The summed E-state index contributed by atoms with van der Waals surface area (Å²) in [4.78, 5) is 11.7. The number of carbonyl (C=O) groups excluding carboxylic acids is 1. The number of methoxy groups -OCH3 is 4. The summed E-state index contributed by atoms with van der Waals surface area (Å²) in [6.07, 6.45) is 0.753. The van der Waals surface area contributed by atoms with Crippen LogP contribution in [0.5, 0.6) is 28.7 Å². The molecular weight excluding hydrogens is 362 g/mol. The minimum Gasteiger partial charge on any atom is -0.504 e. The molecule has 28 heavy (non-hydrogen) atoms. The van der Waals surface area contributed by atoms with Gasteiger partial charge in [-0.3, -0.25) is 4.79 Å². The van der Waals surface area contributed by atoms with E-state index in [4.69, 9.17) is 18.9 Å². The van der Waals surface area contributed by atoms with Gasteiger partial charge in [-0.2, -0.15) is 0 Å². The zero-order chi connectivity index (χ0) is 20.6. The number of rotatable bonds is 6. The van der Waals surface area contributed by atoms with E-state index >= 15 is 0 Å². The molecule has 148 valence electrons. The molecule has 0 saturated heterocycles. The molecule has 1 heterocycles. The lowest BCUT2D eigenvalue weighted by Gasteiger charge is -2.15. The molecule has 0 fully saturated rings. The topological polar surface area (TPSA) is 79.2 Å². The molecule has 3 rings (SSSR count). The van der Waals surface area contributed by atoms with Crippen molar-refractivity contribution in [3.05, 3.63) is 29.3 Å². The number of aromatic nitrogens is 1. The maximum absolute atomic E-state index is 11.7. The number of carbonyl (C=O) groups is 1. The smallest absolute Gasteiger partial charge is 0.203 e. The van der Waals surface area contributed by atoms with Crippen molar-refractivity contribution in [2.45, 2.75) is 6.92 Å². The molecule has 0 aliphatic rings. The van der Waals surface area contributed by atoms with Gasteiger partial charge in [0, 0.05) is 23.6 Å². The van der Waals surface area contributed by atoms with Gasteiger partial charge < -0.3 is 28.6 Å². The van der Waals surface area contributed by atoms with E-state index in [1.54, 1.807) is 21.3 Å². The van der Waals surface area contributed by atoms with Gasteiger partial charge in [-0.25, -0.2) is 0 Å². The van der Waals surface area contributed by atoms with E-state index in [9.17, 15) is 9.90 Å². The molecule has 2 aromatic carbocycles. The summed E-state index contributed by atoms with van der Waals surface area (Å²) in [6, 6.07) is 5.19. The molecule has 7 nitrogen and oxygen atoms in total. The Hall–Kier alpha value is -3.35. The van der Waals surface area contributed by atoms with Gasteiger partial charge in [-0.05, 0) is 30.7 Å². The molecule has 1 aromatic heterocycles. The van der Waals surface area contributed by atoms with Crippen molar-refractivity contribution in [3.8, 4) is 40.0 Å². The van der Waals surface area contributed by atoms with Crippen molar-refractivity contribution in [2.24, 2.45) is 7.05 Å². The maximum Gasteiger partial charge on any atom is 0.203 e. The molecule has 1 N–H and O–H groups in total. The summed E-state index contributed by atoms with van der Waals surface area (Å²) < 4.78 is 23.4. The lowest BCUT2D eigenvalue weighted by Crippen LogP contribution is -1.99. The Bertz CT molecular complexity index is 1040. The average Bonchev–Trinajstić information content (AvgIpc) is 2.98. The van der Waals surface area contributed by atoms with Crippen LogP contribution in [0, 0.1) is 6.92 Å². The van der Waals surface area contributed by atoms with Gasteiger partial charge in [0.25, 0.3) is 0 Å². The molecule has 0 radical (unpaired) electrons. The second-order valence-electron chi connectivity index (χ2n) is 6.30. The van der Waals surface area contributed by atoms with Crippen LogP contribution in [0.1, 0.15) is 15.9 Å². The monoisotopic (exact) mass is 385 g/mol. The molecule has 0 amide bonds. The average molecular weight is 385 g/mol.